The summed E-state index contributed by atoms with van der Waals surface area (Å²) in [7, 11) is 0. The number of fused-ring (bicyclic) bond motifs is 2. The van der Waals surface area contributed by atoms with Crippen molar-refractivity contribution in [3.63, 3.8) is 0 Å². The first kappa shape index (κ1) is 18.3. The fourth-order valence-corrected chi connectivity index (χ4v) is 5.02. The van der Waals surface area contributed by atoms with Crippen LogP contribution >= 0.6 is 0 Å². The molecule has 6 nitrogen and oxygen atoms in total. The molecule has 2 aliphatic heterocycles. The summed E-state index contributed by atoms with van der Waals surface area (Å²) in [6, 6.07) is 13.6. The number of nitriles is 1. The van der Waals surface area contributed by atoms with Crippen molar-refractivity contribution in [2.75, 3.05) is 6.54 Å². The van der Waals surface area contributed by atoms with E-state index in [1.807, 2.05) is 48.2 Å². The van der Waals surface area contributed by atoms with Gasteiger partial charge in [0, 0.05) is 24.8 Å². The minimum absolute atomic E-state index is 0.0352. The minimum atomic E-state index is -0.611. The molecule has 4 rings (SSSR count). The standard InChI is InChI=1S/C22H24N4O2/c1-2-24-21(28)22(11-15-6-4-3-5-7-15)12-17-8-9-19(22)26(17)20(27)18-10-16(13-23)14-25-18/h3-7,10,14,17,19,25H,2,8-9,11-12H2,1H3,(H,24,28)/t17-,19+,22+/m0/s1. The second kappa shape index (κ2) is 7.16. The van der Waals surface area contributed by atoms with Crippen molar-refractivity contribution in [2.24, 2.45) is 5.41 Å². The van der Waals surface area contributed by atoms with Gasteiger partial charge in [0.2, 0.25) is 5.91 Å². The Kier molecular flexibility index (Phi) is 4.68. The van der Waals surface area contributed by atoms with Crippen LogP contribution in [0.2, 0.25) is 0 Å². The second-order valence-corrected chi connectivity index (χ2v) is 7.76. The molecule has 3 atom stereocenters. The third kappa shape index (κ3) is 2.88. The highest BCUT2D eigenvalue weighted by molar-refractivity contribution is 5.95. The molecular formula is C22H24N4O2. The quantitative estimate of drug-likeness (QED) is 0.841. The van der Waals surface area contributed by atoms with Crippen molar-refractivity contribution in [3.8, 4) is 6.07 Å². The Morgan fingerprint density at radius 2 is 2.11 bits per heavy atom. The molecule has 0 radical (unpaired) electrons. The maximum atomic E-state index is 13.2. The summed E-state index contributed by atoms with van der Waals surface area (Å²) in [5.41, 5.74) is 1.36. The van der Waals surface area contributed by atoms with E-state index in [2.05, 4.69) is 10.3 Å². The fraction of sp³-hybridized carbons (Fsp3) is 0.409. The largest absolute Gasteiger partial charge is 0.356 e. The zero-order chi connectivity index (χ0) is 19.7. The van der Waals surface area contributed by atoms with Gasteiger partial charge in [-0.05, 0) is 44.2 Å². The highest BCUT2D eigenvalue weighted by Crippen LogP contribution is 2.52. The summed E-state index contributed by atoms with van der Waals surface area (Å²) in [6.45, 7) is 2.50. The van der Waals surface area contributed by atoms with E-state index in [-0.39, 0.29) is 23.9 Å². The number of amides is 2. The van der Waals surface area contributed by atoms with Gasteiger partial charge in [-0.15, -0.1) is 0 Å². The van der Waals surface area contributed by atoms with Gasteiger partial charge >= 0.3 is 0 Å². The molecule has 1 aromatic carbocycles. The minimum Gasteiger partial charge on any atom is -0.356 e. The van der Waals surface area contributed by atoms with Crippen LogP contribution in [0.4, 0.5) is 0 Å². The van der Waals surface area contributed by atoms with E-state index in [0.717, 1.165) is 18.4 Å². The van der Waals surface area contributed by atoms with Gasteiger partial charge in [-0.3, -0.25) is 9.59 Å². The molecule has 2 N–H and O–H groups in total. The van der Waals surface area contributed by atoms with Gasteiger partial charge < -0.3 is 15.2 Å². The normalized spacial score (nSPS) is 25.5. The fourth-order valence-electron chi connectivity index (χ4n) is 5.02. The summed E-state index contributed by atoms with van der Waals surface area (Å²) in [6.07, 6.45) is 4.59. The first-order chi connectivity index (χ1) is 13.6. The summed E-state index contributed by atoms with van der Waals surface area (Å²) in [4.78, 5) is 31.2. The van der Waals surface area contributed by atoms with E-state index in [0.29, 0.717) is 30.6 Å². The van der Waals surface area contributed by atoms with Crippen LogP contribution in [0.5, 0.6) is 0 Å². The van der Waals surface area contributed by atoms with Crippen molar-refractivity contribution in [3.05, 3.63) is 59.4 Å². The van der Waals surface area contributed by atoms with Crippen molar-refractivity contribution in [1.82, 2.24) is 15.2 Å². The monoisotopic (exact) mass is 376 g/mol. The highest BCUT2D eigenvalue weighted by Gasteiger charge is 2.61. The van der Waals surface area contributed by atoms with Crippen LogP contribution in [-0.2, 0) is 11.2 Å². The van der Waals surface area contributed by atoms with Gasteiger partial charge in [-0.1, -0.05) is 30.3 Å². The SMILES string of the molecule is CCNC(=O)[C@]1(Cc2ccccc2)C[C@@H]2CC[C@H]1N2C(=O)c1cc(C#N)c[nH]1. The Balaban J connectivity index is 1.68. The number of aromatic nitrogens is 1. The van der Waals surface area contributed by atoms with Crippen LogP contribution in [0.3, 0.4) is 0 Å². The zero-order valence-electron chi connectivity index (χ0n) is 15.9. The Hall–Kier alpha value is -3.07. The van der Waals surface area contributed by atoms with Gasteiger partial charge in [0.15, 0.2) is 0 Å². The maximum Gasteiger partial charge on any atom is 0.270 e. The predicted molar refractivity (Wildman–Crippen MR) is 104 cm³/mol. The van der Waals surface area contributed by atoms with Gasteiger partial charge in [-0.2, -0.15) is 5.26 Å². The summed E-state index contributed by atoms with van der Waals surface area (Å²) >= 11 is 0. The van der Waals surface area contributed by atoms with Gasteiger partial charge in [0.05, 0.1) is 11.0 Å². The summed E-state index contributed by atoms with van der Waals surface area (Å²) < 4.78 is 0. The van der Waals surface area contributed by atoms with E-state index < -0.39 is 5.41 Å². The number of carbonyl (C=O) groups is 2. The molecule has 0 unspecified atom stereocenters. The molecule has 0 saturated carbocycles. The lowest BCUT2D eigenvalue weighted by molar-refractivity contribution is -0.132. The maximum absolute atomic E-state index is 13.2. The second-order valence-electron chi connectivity index (χ2n) is 7.76. The number of nitrogens with one attached hydrogen (secondary N) is 2. The number of hydrogen-bond acceptors (Lipinski definition) is 3. The molecule has 144 valence electrons. The van der Waals surface area contributed by atoms with E-state index in [1.54, 1.807) is 12.3 Å². The Bertz CT molecular complexity index is 930. The van der Waals surface area contributed by atoms with Gasteiger partial charge in [0.25, 0.3) is 5.91 Å². The third-order valence-electron chi connectivity index (χ3n) is 6.17. The molecule has 2 fully saturated rings. The number of hydrogen-bond donors (Lipinski definition) is 2. The highest BCUT2D eigenvalue weighted by atomic mass is 16.2. The third-order valence-corrected chi connectivity index (χ3v) is 6.17. The molecule has 1 aromatic heterocycles. The number of nitrogens with zero attached hydrogens (tertiary/aromatic N) is 2. The first-order valence-electron chi connectivity index (χ1n) is 9.82. The molecule has 0 spiro atoms. The molecule has 0 aliphatic carbocycles. The molecule has 2 bridgehead atoms. The lowest BCUT2D eigenvalue weighted by atomic mass is 9.69. The molecule has 2 saturated heterocycles. The smallest absolute Gasteiger partial charge is 0.270 e. The van der Waals surface area contributed by atoms with E-state index in [1.165, 1.54) is 0 Å². The number of H-pyrrole nitrogens is 1. The zero-order valence-corrected chi connectivity index (χ0v) is 15.9. The molecule has 2 amide bonds. The first-order valence-corrected chi connectivity index (χ1v) is 9.82. The molecule has 2 aliphatic rings. The van der Waals surface area contributed by atoms with Crippen molar-refractivity contribution < 1.29 is 9.59 Å². The summed E-state index contributed by atoms with van der Waals surface area (Å²) in [5.74, 6) is -0.0821. The Labute approximate surface area is 164 Å². The Morgan fingerprint density at radius 1 is 1.32 bits per heavy atom. The van der Waals surface area contributed by atoms with Gasteiger partial charge in [0.1, 0.15) is 11.8 Å². The number of aromatic amines is 1. The lowest BCUT2D eigenvalue weighted by Gasteiger charge is -2.36. The van der Waals surface area contributed by atoms with Crippen LogP contribution in [0.15, 0.2) is 42.6 Å². The Morgan fingerprint density at radius 3 is 2.79 bits per heavy atom. The molecule has 28 heavy (non-hydrogen) atoms. The van der Waals surface area contributed by atoms with Crippen LogP contribution in [0.25, 0.3) is 0 Å². The van der Waals surface area contributed by atoms with Crippen molar-refractivity contribution in [1.29, 1.82) is 5.26 Å². The van der Waals surface area contributed by atoms with E-state index >= 15 is 0 Å². The number of benzene rings is 1. The van der Waals surface area contributed by atoms with Crippen LogP contribution in [0.1, 0.15) is 47.8 Å². The number of carbonyl (C=O) groups excluding carboxylic acids is 2. The molecular weight excluding hydrogens is 352 g/mol. The topological polar surface area (TPSA) is 89.0 Å². The van der Waals surface area contributed by atoms with E-state index in [4.69, 9.17) is 5.26 Å². The lowest BCUT2D eigenvalue weighted by Crippen LogP contribution is -2.51. The van der Waals surface area contributed by atoms with Crippen LogP contribution in [0, 0.1) is 16.7 Å². The molecule has 3 heterocycles. The number of rotatable bonds is 5. The molecule has 6 heteroatoms. The average molecular weight is 376 g/mol. The van der Waals surface area contributed by atoms with Crippen LogP contribution in [-0.4, -0.2) is 40.3 Å². The predicted octanol–water partition coefficient (Wildman–Crippen LogP) is 2.63. The summed E-state index contributed by atoms with van der Waals surface area (Å²) in [5, 5.41) is 12.1. The average Bonchev–Trinajstić information content (AvgIpc) is 3.42. The van der Waals surface area contributed by atoms with Crippen molar-refractivity contribution >= 4 is 11.8 Å². The van der Waals surface area contributed by atoms with Gasteiger partial charge in [-0.25, -0.2) is 0 Å². The van der Waals surface area contributed by atoms with E-state index in [9.17, 15) is 9.59 Å². The van der Waals surface area contributed by atoms with Crippen molar-refractivity contribution in [2.45, 2.75) is 44.7 Å². The molecule has 2 aromatic rings. The van der Waals surface area contributed by atoms with Crippen LogP contribution < -0.4 is 5.32 Å².